The highest BCUT2D eigenvalue weighted by Crippen LogP contribution is 2.91. The van der Waals surface area contributed by atoms with Crippen molar-refractivity contribution in [1.29, 1.82) is 0 Å². The Labute approximate surface area is 210 Å². The van der Waals surface area contributed by atoms with Gasteiger partial charge in [0.05, 0.1) is 6.10 Å². The Kier molecular flexibility index (Phi) is 10.4. The maximum Gasteiger partial charge on any atom is 0.0563 e. The monoisotopic (exact) mass is 464 g/mol. The van der Waals surface area contributed by atoms with Gasteiger partial charge in [-0.25, -0.2) is 0 Å². The van der Waals surface area contributed by atoms with Crippen molar-refractivity contribution in [2.24, 2.45) is 51.8 Å². The molecule has 1 nitrogen and oxygen atoms in total. The molecule has 0 bridgehead atoms. The van der Waals surface area contributed by atoms with Gasteiger partial charge < -0.3 is 5.11 Å². The van der Waals surface area contributed by atoms with E-state index in [1.807, 2.05) is 41.5 Å². The molecule has 9 unspecified atom stereocenters. The van der Waals surface area contributed by atoms with Crippen LogP contribution in [0.5, 0.6) is 0 Å². The predicted octanol–water partition coefficient (Wildman–Crippen LogP) is 10.2. The summed E-state index contributed by atoms with van der Waals surface area (Å²) in [6, 6.07) is 0. The van der Waals surface area contributed by atoms with Crippen LogP contribution in [-0.4, -0.2) is 11.2 Å². The fraction of sp³-hybridized carbons (Fsp3) is 1.00. The number of fused-ring (bicyclic) bond motifs is 1. The highest BCUT2D eigenvalue weighted by molar-refractivity contribution is 5.33. The van der Waals surface area contributed by atoms with Crippen LogP contribution in [0.2, 0.25) is 0 Å². The molecule has 5 aliphatic carbocycles. The standard InChI is InChI=1S/C26H44O.3C2H6.H2/c1-17(2)21(27)7-5-6-19-8-9-22-24(19,4)13-12-23-25-14-10-18(3)16-20(25)11-15-26(22,23)25;3*1-2;/h17-23,27H,5-16H2,1-4H3;3*1-2H3;1H. The highest BCUT2D eigenvalue weighted by Gasteiger charge is 2.85. The van der Waals surface area contributed by atoms with Crippen LogP contribution in [0.25, 0.3) is 0 Å². The Hall–Kier alpha value is -0.0400. The number of aliphatic hydroxyl groups is 1. The van der Waals surface area contributed by atoms with Gasteiger partial charge in [-0.1, -0.05) is 82.1 Å². The molecule has 0 aromatic carbocycles. The molecule has 1 N–H and O–H groups in total. The van der Waals surface area contributed by atoms with Crippen LogP contribution in [0.4, 0.5) is 0 Å². The molecule has 0 aromatic rings. The van der Waals surface area contributed by atoms with Crippen molar-refractivity contribution in [1.82, 2.24) is 0 Å². The Bertz CT molecular complexity index is 590. The van der Waals surface area contributed by atoms with Crippen molar-refractivity contribution < 1.29 is 6.53 Å². The van der Waals surface area contributed by atoms with Crippen LogP contribution >= 0.6 is 0 Å². The van der Waals surface area contributed by atoms with Crippen LogP contribution in [0.1, 0.15) is 148 Å². The molecule has 0 aliphatic heterocycles. The van der Waals surface area contributed by atoms with Crippen LogP contribution in [0.3, 0.4) is 0 Å². The van der Waals surface area contributed by atoms with Gasteiger partial charge in [0, 0.05) is 1.43 Å². The molecule has 2 spiro atoms. The molecular weight excluding hydrogens is 400 g/mol. The summed E-state index contributed by atoms with van der Waals surface area (Å²) in [5.41, 5.74) is 2.22. The second kappa shape index (κ2) is 11.8. The Morgan fingerprint density at radius 1 is 0.818 bits per heavy atom. The van der Waals surface area contributed by atoms with E-state index >= 15 is 0 Å². The van der Waals surface area contributed by atoms with Crippen molar-refractivity contribution >= 4 is 0 Å². The zero-order chi connectivity index (χ0) is 25.0. The number of rotatable bonds is 5. The summed E-state index contributed by atoms with van der Waals surface area (Å²) < 4.78 is 0. The molecule has 5 saturated carbocycles. The third-order valence-corrected chi connectivity index (χ3v) is 11.3. The van der Waals surface area contributed by atoms with Gasteiger partial charge in [0.1, 0.15) is 0 Å². The van der Waals surface area contributed by atoms with Gasteiger partial charge in [-0.15, -0.1) is 0 Å². The first-order chi connectivity index (χ1) is 15.9. The minimum Gasteiger partial charge on any atom is -0.393 e. The van der Waals surface area contributed by atoms with Gasteiger partial charge in [-0.3, -0.25) is 0 Å². The average molecular weight is 465 g/mol. The van der Waals surface area contributed by atoms with Crippen LogP contribution in [0.15, 0.2) is 0 Å². The lowest BCUT2D eigenvalue weighted by Gasteiger charge is -2.45. The zero-order valence-corrected chi connectivity index (χ0v) is 24.5. The van der Waals surface area contributed by atoms with E-state index in [0.29, 0.717) is 11.3 Å². The van der Waals surface area contributed by atoms with E-state index in [-0.39, 0.29) is 7.53 Å². The van der Waals surface area contributed by atoms with Gasteiger partial charge in [0.25, 0.3) is 0 Å². The van der Waals surface area contributed by atoms with Crippen LogP contribution in [-0.2, 0) is 0 Å². The predicted molar refractivity (Wildman–Crippen MR) is 149 cm³/mol. The summed E-state index contributed by atoms with van der Waals surface area (Å²) in [6.07, 6.45) is 17.5. The molecular formula is C32H64O. The fourth-order valence-corrected chi connectivity index (χ4v) is 10.1. The van der Waals surface area contributed by atoms with E-state index in [9.17, 15) is 5.11 Å². The molecule has 33 heavy (non-hydrogen) atoms. The second-order valence-corrected chi connectivity index (χ2v) is 12.4. The first kappa shape index (κ1) is 29.2. The Morgan fingerprint density at radius 3 is 2.09 bits per heavy atom. The average Bonchev–Trinajstić information content (AvgIpc) is 3.04. The molecule has 0 aromatic heterocycles. The van der Waals surface area contributed by atoms with E-state index in [4.69, 9.17) is 0 Å². The van der Waals surface area contributed by atoms with Crippen molar-refractivity contribution in [3.8, 4) is 0 Å². The normalized spacial score (nSPS) is 44.9. The van der Waals surface area contributed by atoms with Crippen LogP contribution < -0.4 is 0 Å². The molecule has 0 saturated heterocycles. The zero-order valence-electron chi connectivity index (χ0n) is 24.5. The van der Waals surface area contributed by atoms with Crippen molar-refractivity contribution in [2.75, 3.05) is 0 Å². The molecule has 198 valence electrons. The molecule has 9 atom stereocenters. The first-order valence-corrected chi connectivity index (χ1v) is 15.5. The van der Waals surface area contributed by atoms with Gasteiger partial charge >= 0.3 is 0 Å². The maximum absolute atomic E-state index is 10.2. The Balaban J connectivity index is 0.000000769. The fourth-order valence-electron chi connectivity index (χ4n) is 10.1. The molecule has 1 heteroatoms. The maximum atomic E-state index is 10.2. The number of aliphatic hydroxyl groups excluding tert-OH is 1. The second-order valence-electron chi connectivity index (χ2n) is 12.4. The summed E-state index contributed by atoms with van der Waals surface area (Å²) >= 11 is 0. The quantitative estimate of drug-likeness (QED) is 0.429. The smallest absolute Gasteiger partial charge is 0.0563 e. The van der Waals surface area contributed by atoms with E-state index in [1.165, 1.54) is 38.5 Å². The minimum atomic E-state index is -0.0872. The van der Waals surface area contributed by atoms with E-state index in [1.54, 1.807) is 32.1 Å². The largest absolute Gasteiger partial charge is 0.393 e. The molecule has 5 fully saturated rings. The Morgan fingerprint density at radius 2 is 1.45 bits per heavy atom. The SMILES string of the molecule is CC.CC.CC.CC1CCC23C(CCC24C2CCC(CCCC(O)C(C)C)C2(C)CCC34)C1.[HH]. The summed E-state index contributed by atoms with van der Waals surface area (Å²) in [4.78, 5) is 0. The van der Waals surface area contributed by atoms with Gasteiger partial charge in [0.15, 0.2) is 0 Å². The third-order valence-electron chi connectivity index (χ3n) is 11.3. The lowest BCUT2D eigenvalue weighted by Crippen LogP contribution is -2.39. The lowest BCUT2D eigenvalue weighted by molar-refractivity contribution is 0.0277. The number of hydrogen-bond donors (Lipinski definition) is 1. The topological polar surface area (TPSA) is 20.2 Å². The van der Waals surface area contributed by atoms with Crippen LogP contribution in [0, 0.1) is 51.8 Å². The van der Waals surface area contributed by atoms with Gasteiger partial charge in [-0.05, 0) is 116 Å². The van der Waals surface area contributed by atoms with E-state index in [0.717, 1.165) is 46.8 Å². The highest BCUT2D eigenvalue weighted by atomic mass is 16.3. The third kappa shape index (κ3) is 4.49. The van der Waals surface area contributed by atoms with Gasteiger partial charge in [-0.2, -0.15) is 0 Å². The molecule has 0 heterocycles. The van der Waals surface area contributed by atoms with Crippen molar-refractivity contribution in [2.45, 2.75) is 152 Å². The first-order valence-electron chi connectivity index (χ1n) is 15.5. The molecule has 0 amide bonds. The number of hydrogen-bond acceptors (Lipinski definition) is 1. The molecule has 5 rings (SSSR count). The van der Waals surface area contributed by atoms with Crippen molar-refractivity contribution in [3.05, 3.63) is 0 Å². The lowest BCUT2D eigenvalue weighted by atomic mass is 9.59. The summed E-state index contributed by atoms with van der Waals surface area (Å²) in [7, 11) is 0. The summed E-state index contributed by atoms with van der Waals surface area (Å²) in [5, 5.41) is 10.2. The minimum absolute atomic E-state index is 0. The van der Waals surface area contributed by atoms with E-state index < -0.39 is 0 Å². The van der Waals surface area contributed by atoms with E-state index in [2.05, 4.69) is 27.7 Å². The summed E-state index contributed by atoms with van der Waals surface area (Å²) in [5.74, 6) is 5.61. The summed E-state index contributed by atoms with van der Waals surface area (Å²) in [6.45, 7) is 21.5. The molecule has 5 aliphatic rings. The molecule has 0 radical (unpaired) electrons. The van der Waals surface area contributed by atoms with Crippen molar-refractivity contribution in [3.63, 3.8) is 0 Å². The van der Waals surface area contributed by atoms with Gasteiger partial charge in [0.2, 0.25) is 0 Å².